The zero-order chi connectivity index (χ0) is 15.4. The summed E-state index contributed by atoms with van der Waals surface area (Å²) in [6.07, 6.45) is 0. The smallest absolute Gasteiger partial charge is 0.287 e. The van der Waals surface area contributed by atoms with Gasteiger partial charge in [-0.25, -0.2) is 4.39 Å². The SMILES string of the molecule is N#Cc1cc(F)cc(COc2cccc([N+](=O)[O-])c2Br)c1. The van der Waals surface area contributed by atoms with Crippen LogP contribution in [-0.2, 0) is 6.61 Å². The van der Waals surface area contributed by atoms with Crippen LogP contribution in [0.25, 0.3) is 0 Å². The monoisotopic (exact) mass is 350 g/mol. The predicted molar refractivity (Wildman–Crippen MR) is 76.2 cm³/mol. The molecule has 0 aromatic heterocycles. The highest BCUT2D eigenvalue weighted by Gasteiger charge is 2.16. The summed E-state index contributed by atoms with van der Waals surface area (Å²) in [5.41, 5.74) is 0.529. The molecule has 0 bridgehead atoms. The number of nitro benzene ring substituents is 1. The molecular weight excluding hydrogens is 343 g/mol. The molecule has 0 atom stereocenters. The second-order valence-corrected chi connectivity index (χ2v) is 4.89. The summed E-state index contributed by atoms with van der Waals surface area (Å²) in [6.45, 7) is -0.00773. The molecule has 0 spiro atoms. The van der Waals surface area contributed by atoms with Gasteiger partial charge in [-0.05, 0) is 45.8 Å². The van der Waals surface area contributed by atoms with E-state index >= 15 is 0 Å². The molecule has 0 aliphatic rings. The quantitative estimate of drug-likeness (QED) is 0.617. The van der Waals surface area contributed by atoms with Gasteiger partial charge in [0, 0.05) is 6.07 Å². The normalized spacial score (nSPS) is 9.95. The number of nitro groups is 1. The molecule has 7 heteroatoms. The molecular formula is C14H8BrFN2O3. The lowest BCUT2D eigenvalue weighted by atomic mass is 10.1. The van der Waals surface area contributed by atoms with Crippen molar-refractivity contribution in [3.05, 3.63) is 67.9 Å². The summed E-state index contributed by atoms with van der Waals surface area (Å²) < 4.78 is 18.9. The van der Waals surface area contributed by atoms with Gasteiger partial charge in [-0.1, -0.05) is 6.07 Å². The molecule has 2 rings (SSSR count). The fraction of sp³-hybridized carbons (Fsp3) is 0.0714. The molecule has 0 unspecified atom stereocenters. The van der Waals surface area contributed by atoms with Crippen molar-refractivity contribution in [3.63, 3.8) is 0 Å². The molecule has 2 aromatic carbocycles. The van der Waals surface area contributed by atoms with Gasteiger partial charge in [-0.15, -0.1) is 0 Å². The fourth-order valence-corrected chi connectivity index (χ4v) is 2.23. The van der Waals surface area contributed by atoms with Crippen LogP contribution in [0.2, 0.25) is 0 Å². The maximum Gasteiger partial charge on any atom is 0.287 e. The Labute approximate surface area is 127 Å². The summed E-state index contributed by atoms with van der Waals surface area (Å²) in [5, 5.41) is 19.6. The van der Waals surface area contributed by atoms with E-state index in [-0.39, 0.29) is 28.1 Å². The summed E-state index contributed by atoms with van der Waals surface area (Å²) in [6, 6.07) is 10.1. The van der Waals surface area contributed by atoms with Crippen molar-refractivity contribution in [2.75, 3.05) is 0 Å². The van der Waals surface area contributed by atoms with Gasteiger partial charge < -0.3 is 4.74 Å². The Balaban J connectivity index is 2.21. The number of benzene rings is 2. The Morgan fingerprint density at radius 2 is 2.14 bits per heavy atom. The highest BCUT2D eigenvalue weighted by Crippen LogP contribution is 2.34. The van der Waals surface area contributed by atoms with E-state index in [1.807, 2.05) is 6.07 Å². The lowest BCUT2D eigenvalue weighted by molar-refractivity contribution is -0.385. The second-order valence-electron chi connectivity index (χ2n) is 4.09. The molecule has 0 aliphatic carbocycles. The van der Waals surface area contributed by atoms with Crippen LogP contribution in [0, 0.1) is 27.3 Å². The number of halogens is 2. The molecule has 0 aliphatic heterocycles. The average molecular weight is 351 g/mol. The van der Waals surface area contributed by atoms with E-state index in [0.29, 0.717) is 5.56 Å². The number of nitrogens with zero attached hydrogens (tertiary/aromatic N) is 2. The molecule has 0 saturated heterocycles. The van der Waals surface area contributed by atoms with Crippen LogP contribution in [0.4, 0.5) is 10.1 Å². The maximum absolute atomic E-state index is 13.3. The van der Waals surface area contributed by atoms with Crippen molar-refractivity contribution < 1.29 is 14.1 Å². The molecule has 21 heavy (non-hydrogen) atoms. The zero-order valence-electron chi connectivity index (χ0n) is 10.5. The first-order valence-corrected chi connectivity index (χ1v) is 6.56. The lowest BCUT2D eigenvalue weighted by Gasteiger charge is -2.08. The van der Waals surface area contributed by atoms with E-state index < -0.39 is 10.7 Å². The Hall–Kier alpha value is -2.46. The van der Waals surface area contributed by atoms with Gasteiger partial charge in [0.2, 0.25) is 0 Å². The Morgan fingerprint density at radius 3 is 2.81 bits per heavy atom. The van der Waals surface area contributed by atoms with Crippen molar-refractivity contribution in [3.8, 4) is 11.8 Å². The van der Waals surface area contributed by atoms with Crippen LogP contribution < -0.4 is 4.74 Å². The molecule has 5 nitrogen and oxygen atoms in total. The molecule has 0 heterocycles. The molecule has 0 amide bonds. The van der Waals surface area contributed by atoms with Gasteiger partial charge in [0.05, 0.1) is 16.6 Å². The fourth-order valence-electron chi connectivity index (χ4n) is 1.71. The number of nitriles is 1. The van der Waals surface area contributed by atoms with E-state index in [4.69, 9.17) is 10.00 Å². The molecule has 0 fully saturated rings. The molecule has 0 N–H and O–H groups in total. The number of hydrogen-bond acceptors (Lipinski definition) is 4. The molecule has 106 valence electrons. The standard InChI is InChI=1S/C14H8BrFN2O3/c15-14-12(18(19)20)2-1-3-13(14)21-8-10-4-9(7-17)5-11(16)6-10/h1-6H,8H2. The van der Waals surface area contributed by atoms with Crippen LogP contribution in [0.1, 0.15) is 11.1 Å². The summed E-state index contributed by atoms with van der Waals surface area (Å²) in [4.78, 5) is 10.3. The van der Waals surface area contributed by atoms with Gasteiger partial charge in [-0.2, -0.15) is 5.26 Å². The van der Waals surface area contributed by atoms with Crippen molar-refractivity contribution >= 4 is 21.6 Å². The summed E-state index contributed by atoms with van der Waals surface area (Å²) >= 11 is 3.10. The van der Waals surface area contributed by atoms with Crippen LogP contribution in [0.3, 0.4) is 0 Å². The van der Waals surface area contributed by atoms with Crippen molar-refractivity contribution in [2.24, 2.45) is 0 Å². The van der Waals surface area contributed by atoms with Gasteiger partial charge in [0.25, 0.3) is 5.69 Å². The first-order valence-electron chi connectivity index (χ1n) is 5.76. The maximum atomic E-state index is 13.3. The van der Waals surface area contributed by atoms with Crippen molar-refractivity contribution in [2.45, 2.75) is 6.61 Å². The topological polar surface area (TPSA) is 76.2 Å². The highest BCUT2D eigenvalue weighted by molar-refractivity contribution is 9.10. The van der Waals surface area contributed by atoms with E-state index in [0.717, 1.165) is 6.07 Å². The molecule has 0 saturated carbocycles. The molecule has 2 aromatic rings. The Bertz CT molecular complexity index is 743. The highest BCUT2D eigenvalue weighted by atomic mass is 79.9. The summed E-state index contributed by atoms with van der Waals surface area (Å²) in [7, 11) is 0. The summed E-state index contributed by atoms with van der Waals surface area (Å²) in [5.74, 6) is -0.266. The minimum absolute atomic E-state index is 0.00773. The van der Waals surface area contributed by atoms with Gasteiger partial charge >= 0.3 is 0 Å². The van der Waals surface area contributed by atoms with E-state index in [1.54, 1.807) is 6.07 Å². The minimum atomic E-state index is -0.536. The third-order valence-electron chi connectivity index (χ3n) is 2.62. The Kier molecular flexibility index (Phi) is 4.50. The first kappa shape index (κ1) is 14.9. The first-order chi connectivity index (χ1) is 10.0. The van der Waals surface area contributed by atoms with Crippen LogP contribution >= 0.6 is 15.9 Å². The number of ether oxygens (including phenoxy) is 1. The largest absolute Gasteiger partial charge is 0.487 e. The second kappa shape index (κ2) is 6.33. The number of hydrogen-bond donors (Lipinski definition) is 0. The minimum Gasteiger partial charge on any atom is -0.487 e. The third kappa shape index (κ3) is 3.55. The van der Waals surface area contributed by atoms with E-state index in [1.165, 1.54) is 24.3 Å². The van der Waals surface area contributed by atoms with E-state index in [9.17, 15) is 14.5 Å². The van der Waals surface area contributed by atoms with Crippen LogP contribution in [0.15, 0.2) is 40.9 Å². The lowest BCUT2D eigenvalue weighted by Crippen LogP contribution is -1.99. The van der Waals surface area contributed by atoms with Gasteiger partial charge in [0.15, 0.2) is 0 Å². The van der Waals surface area contributed by atoms with Crippen LogP contribution in [-0.4, -0.2) is 4.92 Å². The van der Waals surface area contributed by atoms with Crippen molar-refractivity contribution in [1.29, 1.82) is 5.26 Å². The number of rotatable bonds is 4. The van der Waals surface area contributed by atoms with E-state index in [2.05, 4.69) is 15.9 Å². The third-order valence-corrected chi connectivity index (χ3v) is 3.42. The van der Waals surface area contributed by atoms with Crippen LogP contribution in [0.5, 0.6) is 5.75 Å². The van der Waals surface area contributed by atoms with Gasteiger partial charge in [-0.3, -0.25) is 10.1 Å². The zero-order valence-corrected chi connectivity index (χ0v) is 12.1. The predicted octanol–water partition coefficient (Wildman–Crippen LogP) is 3.95. The Morgan fingerprint density at radius 1 is 1.38 bits per heavy atom. The van der Waals surface area contributed by atoms with Gasteiger partial charge in [0.1, 0.15) is 22.6 Å². The van der Waals surface area contributed by atoms with Crippen molar-refractivity contribution in [1.82, 2.24) is 0 Å². The molecule has 0 radical (unpaired) electrons. The average Bonchev–Trinajstić information content (AvgIpc) is 2.45.